The molecule has 0 saturated carbocycles. The highest BCUT2D eigenvalue weighted by Crippen LogP contribution is 2.31. The van der Waals surface area contributed by atoms with Crippen molar-refractivity contribution in [2.75, 3.05) is 19.0 Å². The molecule has 3 rings (SSSR count). The van der Waals surface area contributed by atoms with Crippen LogP contribution in [0.15, 0.2) is 53.4 Å². The van der Waals surface area contributed by atoms with E-state index in [1.165, 1.54) is 14.0 Å². The van der Waals surface area contributed by atoms with Gasteiger partial charge in [-0.15, -0.1) is 12.6 Å². The number of anilines is 1. The summed E-state index contributed by atoms with van der Waals surface area (Å²) in [5.74, 6) is -2.63. The second-order valence-corrected chi connectivity index (χ2v) is 9.59. The third-order valence-electron chi connectivity index (χ3n) is 5.61. The molecule has 1 aliphatic rings. The number of thiol groups is 1. The lowest BCUT2D eigenvalue weighted by atomic mass is 9.98. The monoisotopic (exact) mass is 636 g/mol. The van der Waals surface area contributed by atoms with Gasteiger partial charge in [0.05, 0.1) is 0 Å². The first-order valence-electron chi connectivity index (χ1n) is 13.3. The number of carbonyl (C=O) groups is 5. The molecule has 2 unspecified atom stereocenters. The molecule has 3 N–H and O–H groups in total. The molecule has 0 radical (unpaired) electrons. The largest absolute Gasteiger partial charge is 0.463 e. The Morgan fingerprint density at radius 2 is 1.30 bits per heavy atom. The molecule has 2 aromatic rings. The number of benzene rings is 2. The fourth-order valence-corrected chi connectivity index (χ4v) is 4.08. The summed E-state index contributed by atoms with van der Waals surface area (Å²) in [5.41, 5.74) is 5.68. The number of carbonyl (C=O) groups excluding carboxylic acids is 5. The topological polar surface area (TPSA) is 188 Å². The van der Waals surface area contributed by atoms with E-state index < -0.39 is 60.7 Å². The Balaban J connectivity index is 0.00000330. The van der Waals surface area contributed by atoms with Gasteiger partial charge in [-0.25, -0.2) is 4.79 Å². The fourth-order valence-electron chi connectivity index (χ4n) is 3.93. The van der Waals surface area contributed by atoms with Gasteiger partial charge in [-0.1, -0.05) is 12.1 Å². The number of hydrogen-bond acceptors (Lipinski definition) is 14. The maximum atomic E-state index is 12.1. The minimum atomic E-state index is -1.37. The molecule has 2 aromatic carbocycles. The number of nitrogens with one attached hydrogen (secondary N) is 1. The SMILES string of the molecule is CC(=O)OCC1O[C@@H](Oc2ccc(COC(=O)Nc3ccc(S)cc3)cc2)[C@@H](OC(C)=O)C(OC(C)=O)[C@@H]1OC(C)=O.CN. The lowest BCUT2D eigenvalue weighted by Crippen LogP contribution is -2.63. The molecule has 0 bridgehead atoms. The second-order valence-electron chi connectivity index (χ2n) is 9.08. The number of esters is 4. The minimum absolute atomic E-state index is 0.0458. The Kier molecular flexibility index (Phi) is 14.4. The Bertz CT molecular complexity index is 1270. The van der Waals surface area contributed by atoms with Crippen molar-refractivity contribution in [2.24, 2.45) is 5.73 Å². The van der Waals surface area contributed by atoms with Crippen LogP contribution in [-0.4, -0.2) is 74.3 Å². The van der Waals surface area contributed by atoms with Crippen molar-refractivity contribution in [3.63, 3.8) is 0 Å². The number of hydrogen-bond donors (Lipinski definition) is 3. The van der Waals surface area contributed by atoms with Gasteiger partial charge >= 0.3 is 30.0 Å². The van der Waals surface area contributed by atoms with Crippen LogP contribution in [-0.2, 0) is 54.2 Å². The molecular formula is C29H36N2O12S. The molecule has 15 heteroatoms. The molecule has 0 spiro atoms. The van der Waals surface area contributed by atoms with E-state index in [1.807, 2.05) is 0 Å². The summed E-state index contributed by atoms with van der Waals surface area (Å²) in [6, 6.07) is 13.2. The van der Waals surface area contributed by atoms with E-state index in [0.29, 0.717) is 11.3 Å². The minimum Gasteiger partial charge on any atom is -0.463 e. The van der Waals surface area contributed by atoms with Crippen molar-refractivity contribution in [2.45, 2.75) is 69.9 Å². The molecule has 0 aliphatic carbocycles. The summed E-state index contributed by atoms with van der Waals surface area (Å²) in [6.07, 6.45) is -7.19. The van der Waals surface area contributed by atoms with Gasteiger partial charge in [0.1, 0.15) is 25.1 Å². The van der Waals surface area contributed by atoms with Crippen LogP contribution in [0.2, 0.25) is 0 Å². The van der Waals surface area contributed by atoms with E-state index in [1.54, 1.807) is 48.5 Å². The molecule has 1 aliphatic heterocycles. The quantitative estimate of drug-likeness (QED) is 0.196. The van der Waals surface area contributed by atoms with Gasteiger partial charge in [-0.2, -0.15) is 0 Å². The first-order chi connectivity index (χ1) is 20.9. The zero-order valence-corrected chi connectivity index (χ0v) is 25.7. The van der Waals surface area contributed by atoms with Crippen LogP contribution in [0, 0.1) is 0 Å². The molecule has 1 heterocycles. The lowest BCUT2D eigenvalue weighted by Gasteiger charge is -2.43. The van der Waals surface area contributed by atoms with E-state index in [-0.39, 0.29) is 19.0 Å². The maximum absolute atomic E-state index is 12.1. The predicted octanol–water partition coefficient (Wildman–Crippen LogP) is 2.76. The first-order valence-corrected chi connectivity index (χ1v) is 13.7. The van der Waals surface area contributed by atoms with Crippen molar-refractivity contribution in [3.05, 3.63) is 54.1 Å². The summed E-state index contributed by atoms with van der Waals surface area (Å²) < 4.78 is 38.3. The Hall–Kier alpha value is -4.34. The van der Waals surface area contributed by atoms with Crippen molar-refractivity contribution in [3.8, 4) is 5.75 Å². The van der Waals surface area contributed by atoms with Gasteiger partial charge < -0.3 is 38.9 Å². The van der Waals surface area contributed by atoms with Crippen LogP contribution < -0.4 is 15.8 Å². The molecular weight excluding hydrogens is 600 g/mol. The zero-order valence-electron chi connectivity index (χ0n) is 24.8. The highest BCUT2D eigenvalue weighted by molar-refractivity contribution is 7.80. The summed E-state index contributed by atoms with van der Waals surface area (Å²) >= 11 is 4.20. The molecule has 1 saturated heterocycles. The number of ether oxygens (including phenoxy) is 7. The lowest BCUT2D eigenvalue weighted by molar-refractivity contribution is -0.288. The highest BCUT2D eigenvalue weighted by atomic mass is 32.1. The maximum Gasteiger partial charge on any atom is 0.411 e. The van der Waals surface area contributed by atoms with Crippen LogP contribution in [0.25, 0.3) is 0 Å². The third-order valence-corrected chi connectivity index (χ3v) is 5.91. The van der Waals surface area contributed by atoms with Crippen LogP contribution in [0.3, 0.4) is 0 Å². The van der Waals surface area contributed by atoms with E-state index in [0.717, 1.165) is 25.7 Å². The van der Waals surface area contributed by atoms with Gasteiger partial charge in [0.25, 0.3) is 0 Å². The summed E-state index contributed by atoms with van der Waals surface area (Å²) in [5, 5.41) is 2.60. The van der Waals surface area contributed by atoms with Gasteiger partial charge in [0.2, 0.25) is 12.4 Å². The smallest absolute Gasteiger partial charge is 0.411 e. The Labute approximate surface area is 259 Å². The van der Waals surface area contributed by atoms with E-state index in [9.17, 15) is 24.0 Å². The van der Waals surface area contributed by atoms with Crippen LogP contribution >= 0.6 is 12.6 Å². The van der Waals surface area contributed by atoms with Gasteiger partial charge in [0.15, 0.2) is 12.2 Å². The average molecular weight is 637 g/mol. The van der Waals surface area contributed by atoms with Crippen LogP contribution in [0.5, 0.6) is 5.75 Å². The Morgan fingerprint density at radius 1 is 0.750 bits per heavy atom. The third kappa shape index (κ3) is 11.7. The molecule has 5 atom stereocenters. The van der Waals surface area contributed by atoms with Crippen LogP contribution in [0.1, 0.15) is 33.3 Å². The van der Waals surface area contributed by atoms with Crippen molar-refractivity contribution in [1.29, 1.82) is 0 Å². The van der Waals surface area contributed by atoms with Crippen LogP contribution in [0.4, 0.5) is 10.5 Å². The standard InChI is InChI=1S/C28H31NO12S.CH5N/c1-15(30)35-14-23-24(37-16(2)31)25(38-17(3)32)26(39-18(4)33)27(41-23)40-21-9-5-19(6-10-21)13-36-28(34)29-20-7-11-22(42)12-8-20;1-2/h5-12,23-27,42H,13-14H2,1-4H3,(H,29,34);2H2,1H3/t23?,24-,25?,26+,27-;/m1./s1. The predicted molar refractivity (Wildman–Crippen MR) is 157 cm³/mol. The second kappa shape index (κ2) is 17.7. The van der Waals surface area contributed by atoms with E-state index in [4.69, 9.17) is 33.2 Å². The van der Waals surface area contributed by atoms with Gasteiger partial charge in [-0.3, -0.25) is 24.5 Å². The van der Waals surface area contributed by atoms with Crippen molar-refractivity contribution in [1.82, 2.24) is 0 Å². The number of amides is 1. The molecule has 1 amide bonds. The zero-order chi connectivity index (χ0) is 32.8. The van der Waals surface area contributed by atoms with Crippen molar-refractivity contribution >= 4 is 48.3 Å². The summed E-state index contributed by atoms with van der Waals surface area (Å²) in [4.78, 5) is 60.1. The molecule has 14 nitrogen and oxygen atoms in total. The van der Waals surface area contributed by atoms with Gasteiger partial charge in [-0.05, 0) is 49.0 Å². The average Bonchev–Trinajstić information content (AvgIpc) is 2.96. The van der Waals surface area contributed by atoms with E-state index in [2.05, 4.69) is 23.7 Å². The first kappa shape index (κ1) is 35.9. The fraction of sp³-hybridized carbons (Fsp3) is 0.414. The van der Waals surface area contributed by atoms with Crippen molar-refractivity contribution < 1.29 is 57.1 Å². The number of rotatable bonds is 10. The Morgan fingerprint density at radius 3 is 1.84 bits per heavy atom. The van der Waals surface area contributed by atoms with E-state index >= 15 is 0 Å². The summed E-state index contributed by atoms with van der Waals surface area (Å²) in [7, 11) is 1.50. The number of nitrogens with two attached hydrogens (primary N) is 1. The van der Waals surface area contributed by atoms with Gasteiger partial charge in [0, 0.05) is 38.3 Å². The normalized spacial score (nSPS) is 20.5. The molecule has 44 heavy (non-hydrogen) atoms. The molecule has 0 aromatic heterocycles. The summed E-state index contributed by atoms with van der Waals surface area (Å²) in [6.45, 7) is 4.14. The highest BCUT2D eigenvalue weighted by Gasteiger charge is 2.53. The molecule has 1 fully saturated rings. The molecule has 240 valence electrons.